The Morgan fingerprint density at radius 2 is 1.77 bits per heavy atom. The molecule has 0 saturated heterocycles. The minimum atomic E-state index is -1.07. The highest BCUT2D eigenvalue weighted by molar-refractivity contribution is 5.91. The van der Waals surface area contributed by atoms with Gasteiger partial charge in [-0.3, -0.25) is 4.79 Å². The molecule has 0 spiro atoms. The van der Waals surface area contributed by atoms with Crippen LogP contribution < -0.4 is 19.5 Å². The molecule has 0 atom stereocenters. The van der Waals surface area contributed by atoms with Crippen molar-refractivity contribution in [1.29, 1.82) is 0 Å². The van der Waals surface area contributed by atoms with E-state index in [4.69, 9.17) is 18.9 Å². The second kappa shape index (κ2) is 14.0. The van der Waals surface area contributed by atoms with Crippen molar-refractivity contribution in [2.45, 2.75) is 52.6 Å². The van der Waals surface area contributed by atoms with Crippen LogP contribution in [-0.4, -0.2) is 44.3 Å². The molecule has 2 rings (SSSR count). The summed E-state index contributed by atoms with van der Waals surface area (Å²) in [6.45, 7) is 8.66. The summed E-state index contributed by atoms with van der Waals surface area (Å²) in [5, 5.41) is 2.88. The molecule has 0 bridgehead atoms. The van der Waals surface area contributed by atoms with E-state index in [1.165, 1.54) is 6.08 Å². The van der Waals surface area contributed by atoms with Crippen LogP contribution in [0, 0.1) is 0 Å². The van der Waals surface area contributed by atoms with Crippen molar-refractivity contribution in [2.24, 2.45) is 0 Å². The molecular formula is C28H37NO6. The molecule has 0 aliphatic rings. The zero-order valence-corrected chi connectivity index (χ0v) is 21.4. The number of esters is 1. The molecule has 0 radical (unpaired) electrons. The van der Waals surface area contributed by atoms with Crippen LogP contribution in [0.15, 0.2) is 48.5 Å². The number of hydrogen-bond acceptors (Lipinski definition) is 6. The Balaban J connectivity index is 1.82. The van der Waals surface area contributed by atoms with Crippen molar-refractivity contribution >= 4 is 18.0 Å². The van der Waals surface area contributed by atoms with Crippen LogP contribution in [0.1, 0.15) is 51.7 Å². The maximum absolute atomic E-state index is 12.2. The number of unbranched alkanes of at least 4 members (excludes halogenated alkanes) is 1. The van der Waals surface area contributed by atoms with Gasteiger partial charge in [0.2, 0.25) is 5.91 Å². The van der Waals surface area contributed by atoms with Gasteiger partial charge in [-0.1, -0.05) is 31.5 Å². The number of nitrogens with one attached hydrogen (secondary N) is 1. The zero-order valence-electron chi connectivity index (χ0n) is 21.4. The molecule has 2 aromatic rings. The molecule has 7 heteroatoms. The summed E-state index contributed by atoms with van der Waals surface area (Å²) in [5.41, 5.74) is 0.824. The first-order chi connectivity index (χ1) is 16.8. The summed E-state index contributed by atoms with van der Waals surface area (Å²) >= 11 is 0. The fraction of sp³-hybridized carbons (Fsp3) is 0.429. The predicted molar refractivity (Wildman–Crippen MR) is 137 cm³/mol. The number of hydrogen-bond donors (Lipinski definition) is 1. The van der Waals surface area contributed by atoms with Crippen molar-refractivity contribution in [3.05, 3.63) is 59.7 Å². The number of methoxy groups -OCH3 is 1. The van der Waals surface area contributed by atoms with Gasteiger partial charge in [0.25, 0.3) is 0 Å². The van der Waals surface area contributed by atoms with Crippen LogP contribution >= 0.6 is 0 Å². The molecule has 2 aromatic carbocycles. The molecule has 0 aliphatic heterocycles. The lowest BCUT2D eigenvalue weighted by atomic mass is 10.1. The molecule has 7 nitrogen and oxygen atoms in total. The maximum Gasteiger partial charge on any atom is 0.349 e. The lowest BCUT2D eigenvalue weighted by molar-refractivity contribution is -0.158. The summed E-state index contributed by atoms with van der Waals surface area (Å²) in [7, 11) is 1.60. The summed E-state index contributed by atoms with van der Waals surface area (Å²) in [4.78, 5) is 24.2. The van der Waals surface area contributed by atoms with E-state index in [9.17, 15) is 9.59 Å². The van der Waals surface area contributed by atoms with Crippen LogP contribution in [0.3, 0.4) is 0 Å². The van der Waals surface area contributed by atoms with Crippen LogP contribution in [0.4, 0.5) is 0 Å². The minimum absolute atomic E-state index is 0.177. The Morgan fingerprint density at radius 3 is 2.43 bits per heavy atom. The van der Waals surface area contributed by atoms with Gasteiger partial charge in [0.05, 0.1) is 20.3 Å². The molecule has 0 heterocycles. The van der Waals surface area contributed by atoms with Gasteiger partial charge in [0.15, 0.2) is 17.1 Å². The lowest BCUT2D eigenvalue weighted by Crippen LogP contribution is -2.39. The third kappa shape index (κ3) is 9.35. The molecule has 1 N–H and O–H groups in total. The highest BCUT2D eigenvalue weighted by Gasteiger charge is 2.31. The van der Waals surface area contributed by atoms with Crippen molar-refractivity contribution in [1.82, 2.24) is 5.32 Å². The number of carbonyl (C=O) groups is 2. The van der Waals surface area contributed by atoms with E-state index >= 15 is 0 Å². The molecule has 0 aromatic heterocycles. The molecule has 0 fully saturated rings. The summed E-state index contributed by atoms with van der Waals surface area (Å²) in [6, 6.07) is 13.0. The quantitative estimate of drug-likeness (QED) is 0.232. The Hall–Kier alpha value is -3.48. The third-order valence-electron chi connectivity index (χ3n) is 5.15. The van der Waals surface area contributed by atoms with E-state index in [-0.39, 0.29) is 5.91 Å². The number of carbonyl (C=O) groups excluding carboxylic acids is 2. The Kier molecular flexibility index (Phi) is 11.1. The highest BCUT2D eigenvalue weighted by Crippen LogP contribution is 2.28. The Labute approximate surface area is 208 Å². The maximum atomic E-state index is 12.2. The molecule has 190 valence electrons. The molecule has 1 amide bonds. The van der Waals surface area contributed by atoms with E-state index in [1.54, 1.807) is 46.1 Å². The van der Waals surface area contributed by atoms with Gasteiger partial charge in [0.1, 0.15) is 5.75 Å². The number of ether oxygens (including phenoxy) is 4. The standard InChI is InChI=1S/C28H37NO6/c1-6-8-19-34-24-15-11-22(20-25(24)32-5)12-16-26(30)29-18-17-21-9-13-23(14-10-21)35-28(3,4)27(31)33-7-2/h9-16,20H,6-8,17-19H2,1-5H3,(H,29,30). The molecule has 0 saturated carbocycles. The summed E-state index contributed by atoms with van der Waals surface area (Å²) in [6.07, 6.45) is 5.95. The largest absolute Gasteiger partial charge is 0.493 e. The van der Waals surface area contributed by atoms with Gasteiger partial charge in [-0.05, 0) is 75.1 Å². The normalized spacial score (nSPS) is 11.2. The molecule has 0 unspecified atom stereocenters. The average molecular weight is 484 g/mol. The van der Waals surface area contributed by atoms with E-state index in [2.05, 4.69) is 12.2 Å². The molecule has 35 heavy (non-hydrogen) atoms. The van der Waals surface area contributed by atoms with Crippen molar-refractivity contribution in [2.75, 3.05) is 26.9 Å². The SMILES string of the molecule is CCCCOc1ccc(C=CC(=O)NCCc2ccc(OC(C)(C)C(=O)OCC)cc2)cc1OC. The number of benzene rings is 2. The first kappa shape index (κ1) is 27.8. The van der Waals surface area contributed by atoms with E-state index in [0.717, 1.165) is 24.0 Å². The van der Waals surface area contributed by atoms with Crippen molar-refractivity contribution in [3.8, 4) is 17.2 Å². The van der Waals surface area contributed by atoms with Gasteiger partial charge in [-0.25, -0.2) is 4.79 Å². The van der Waals surface area contributed by atoms with E-state index in [1.807, 2.05) is 30.3 Å². The lowest BCUT2D eigenvalue weighted by Gasteiger charge is -2.24. The predicted octanol–water partition coefficient (Wildman–Crippen LogP) is 4.97. The first-order valence-electron chi connectivity index (χ1n) is 12.0. The monoisotopic (exact) mass is 483 g/mol. The minimum Gasteiger partial charge on any atom is -0.493 e. The Morgan fingerprint density at radius 1 is 1.03 bits per heavy atom. The smallest absolute Gasteiger partial charge is 0.349 e. The van der Waals surface area contributed by atoms with E-state index < -0.39 is 11.6 Å². The van der Waals surface area contributed by atoms with Gasteiger partial charge >= 0.3 is 5.97 Å². The van der Waals surface area contributed by atoms with E-state index in [0.29, 0.717) is 43.4 Å². The zero-order chi connectivity index (χ0) is 25.7. The van der Waals surface area contributed by atoms with Crippen LogP contribution in [0.2, 0.25) is 0 Å². The summed E-state index contributed by atoms with van der Waals surface area (Å²) < 4.78 is 21.9. The topological polar surface area (TPSA) is 83.1 Å². The highest BCUT2D eigenvalue weighted by atomic mass is 16.6. The average Bonchev–Trinajstić information content (AvgIpc) is 2.84. The van der Waals surface area contributed by atoms with Crippen LogP contribution in [0.25, 0.3) is 6.08 Å². The van der Waals surface area contributed by atoms with Gasteiger partial charge in [-0.2, -0.15) is 0 Å². The van der Waals surface area contributed by atoms with Gasteiger partial charge in [0, 0.05) is 12.6 Å². The second-order valence-corrected chi connectivity index (χ2v) is 8.46. The summed E-state index contributed by atoms with van der Waals surface area (Å²) in [5.74, 6) is 1.33. The fourth-order valence-electron chi connectivity index (χ4n) is 3.16. The second-order valence-electron chi connectivity index (χ2n) is 8.46. The van der Waals surface area contributed by atoms with Gasteiger partial charge < -0.3 is 24.3 Å². The Bertz CT molecular complexity index is 981. The van der Waals surface area contributed by atoms with Crippen molar-refractivity contribution in [3.63, 3.8) is 0 Å². The molecular weight excluding hydrogens is 446 g/mol. The fourth-order valence-corrected chi connectivity index (χ4v) is 3.16. The van der Waals surface area contributed by atoms with Crippen LogP contribution in [0.5, 0.6) is 17.2 Å². The van der Waals surface area contributed by atoms with Gasteiger partial charge in [-0.15, -0.1) is 0 Å². The first-order valence-corrected chi connectivity index (χ1v) is 12.0. The number of rotatable bonds is 14. The molecule has 0 aliphatic carbocycles. The van der Waals surface area contributed by atoms with Crippen LogP contribution in [-0.2, 0) is 20.7 Å². The third-order valence-corrected chi connectivity index (χ3v) is 5.15. The van der Waals surface area contributed by atoms with Crippen molar-refractivity contribution < 1.29 is 28.5 Å². The number of amides is 1.